The minimum Gasteiger partial charge on any atom is -0.370 e. The summed E-state index contributed by atoms with van der Waals surface area (Å²) in [6, 6.07) is 0.400. The summed E-state index contributed by atoms with van der Waals surface area (Å²) in [7, 11) is -3.67. The van der Waals surface area contributed by atoms with E-state index in [9.17, 15) is 22.4 Å². The van der Waals surface area contributed by atoms with E-state index in [4.69, 9.17) is 0 Å². The molecule has 0 radical (unpaired) electrons. The van der Waals surface area contributed by atoms with Gasteiger partial charge in [-0.3, -0.25) is 19.1 Å². The van der Waals surface area contributed by atoms with Crippen LogP contribution in [0.15, 0.2) is 6.07 Å². The average molecular weight is 332 g/mol. The smallest absolute Gasteiger partial charge is 0.264 e. The SMILES string of the molecule is CS(=O)(=O)OCc1cc(NC2CCC(=O)NC2=O)c(F)nn1. The highest BCUT2D eigenvalue weighted by atomic mass is 32.2. The van der Waals surface area contributed by atoms with Crippen molar-refractivity contribution in [1.29, 1.82) is 0 Å². The van der Waals surface area contributed by atoms with Crippen molar-refractivity contribution in [2.75, 3.05) is 11.6 Å². The first-order valence-corrected chi connectivity index (χ1v) is 8.03. The lowest BCUT2D eigenvalue weighted by Crippen LogP contribution is -2.47. The van der Waals surface area contributed by atoms with Gasteiger partial charge in [-0.05, 0) is 12.5 Å². The van der Waals surface area contributed by atoms with Gasteiger partial charge < -0.3 is 5.32 Å². The topological polar surface area (TPSA) is 127 Å². The molecule has 0 spiro atoms. The van der Waals surface area contributed by atoms with Crippen LogP contribution in [0.25, 0.3) is 0 Å². The summed E-state index contributed by atoms with van der Waals surface area (Å²) < 4.78 is 39.9. The van der Waals surface area contributed by atoms with Crippen LogP contribution < -0.4 is 10.6 Å². The van der Waals surface area contributed by atoms with Gasteiger partial charge in [0, 0.05) is 6.42 Å². The number of hydrogen-bond donors (Lipinski definition) is 2. The number of carbonyl (C=O) groups is 2. The number of nitrogens with one attached hydrogen (secondary N) is 2. The summed E-state index contributed by atoms with van der Waals surface area (Å²) in [5.74, 6) is -1.91. The molecule has 1 aliphatic heterocycles. The van der Waals surface area contributed by atoms with Gasteiger partial charge in [0.1, 0.15) is 12.6 Å². The molecule has 1 aromatic heterocycles. The fourth-order valence-corrected chi connectivity index (χ4v) is 2.11. The number of rotatable bonds is 5. The predicted octanol–water partition coefficient (Wildman–Crippen LogP) is -0.691. The standard InChI is InChI=1S/C11H13FN4O5S/c1-22(19,20)21-5-6-4-8(10(12)16-15-6)13-7-2-3-9(17)14-11(7)18/h4,7H,2-3,5H2,1H3,(H,13,15)(H,14,17,18). The summed E-state index contributed by atoms with van der Waals surface area (Å²) in [6.07, 6.45) is 1.21. The first kappa shape index (κ1) is 16.2. The highest BCUT2D eigenvalue weighted by molar-refractivity contribution is 7.85. The van der Waals surface area contributed by atoms with Crippen LogP contribution in [-0.4, -0.2) is 42.7 Å². The third-order valence-electron chi connectivity index (χ3n) is 2.79. The second-order valence-corrected chi connectivity index (χ2v) is 6.30. The minimum absolute atomic E-state index is 0.0709. The molecule has 22 heavy (non-hydrogen) atoms. The van der Waals surface area contributed by atoms with Crippen LogP contribution in [0.4, 0.5) is 10.1 Å². The van der Waals surface area contributed by atoms with Crippen molar-refractivity contribution < 1.29 is 26.6 Å². The van der Waals surface area contributed by atoms with Gasteiger partial charge in [-0.25, -0.2) is 0 Å². The Bertz CT molecular complexity index is 708. The molecule has 0 bridgehead atoms. The summed E-state index contributed by atoms with van der Waals surface area (Å²) in [6.45, 7) is -0.407. The zero-order chi connectivity index (χ0) is 16.3. The summed E-state index contributed by atoms with van der Waals surface area (Å²) in [5, 5.41) is 11.4. The van der Waals surface area contributed by atoms with Crippen LogP contribution in [0, 0.1) is 5.95 Å². The molecule has 9 nitrogen and oxygen atoms in total. The average Bonchev–Trinajstić information content (AvgIpc) is 2.41. The predicted molar refractivity (Wildman–Crippen MR) is 71.4 cm³/mol. The van der Waals surface area contributed by atoms with Crippen LogP contribution in [0.5, 0.6) is 0 Å². The summed E-state index contributed by atoms with van der Waals surface area (Å²) >= 11 is 0. The molecule has 2 rings (SSSR count). The van der Waals surface area contributed by atoms with Gasteiger partial charge in [0.05, 0.1) is 17.6 Å². The Balaban J connectivity index is 2.10. The Kier molecular flexibility index (Phi) is 4.66. The van der Waals surface area contributed by atoms with Gasteiger partial charge in [-0.1, -0.05) is 0 Å². The molecule has 1 aromatic rings. The van der Waals surface area contributed by atoms with Crippen LogP contribution in [0.2, 0.25) is 0 Å². The van der Waals surface area contributed by atoms with Crippen LogP contribution >= 0.6 is 0 Å². The maximum atomic E-state index is 13.6. The van der Waals surface area contributed by atoms with Gasteiger partial charge in [0.25, 0.3) is 16.1 Å². The van der Waals surface area contributed by atoms with Crippen molar-refractivity contribution in [3.63, 3.8) is 0 Å². The fraction of sp³-hybridized carbons (Fsp3) is 0.455. The van der Waals surface area contributed by atoms with E-state index in [1.165, 1.54) is 6.07 Å². The number of halogens is 1. The number of aromatic nitrogens is 2. The van der Waals surface area contributed by atoms with Crippen molar-refractivity contribution in [3.8, 4) is 0 Å². The summed E-state index contributed by atoms with van der Waals surface area (Å²) in [4.78, 5) is 22.6. The maximum Gasteiger partial charge on any atom is 0.264 e. The molecule has 1 unspecified atom stereocenters. The van der Waals surface area contributed by atoms with E-state index in [0.29, 0.717) is 0 Å². The molecule has 1 aliphatic rings. The molecule has 1 fully saturated rings. The van der Waals surface area contributed by atoms with Gasteiger partial charge in [0.15, 0.2) is 0 Å². The van der Waals surface area contributed by atoms with Crippen molar-refractivity contribution >= 4 is 27.6 Å². The molecule has 1 atom stereocenters. The Hall–Kier alpha value is -2.14. The Morgan fingerprint density at radius 2 is 2.18 bits per heavy atom. The van der Waals surface area contributed by atoms with Gasteiger partial charge >= 0.3 is 0 Å². The lowest BCUT2D eigenvalue weighted by Gasteiger charge is -2.22. The normalized spacial score (nSPS) is 18.9. The monoisotopic (exact) mass is 332 g/mol. The number of piperidine rings is 1. The molecule has 0 aromatic carbocycles. The van der Waals surface area contributed by atoms with E-state index in [2.05, 4.69) is 25.0 Å². The molecule has 2 amide bonds. The minimum atomic E-state index is -3.67. The molecule has 2 N–H and O–H groups in total. The van der Waals surface area contributed by atoms with E-state index in [-0.39, 0.29) is 24.2 Å². The highest BCUT2D eigenvalue weighted by Gasteiger charge is 2.27. The molecule has 0 saturated carbocycles. The van der Waals surface area contributed by atoms with E-state index in [1.807, 2.05) is 0 Å². The zero-order valence-electron chi connectivity index (χ0n) is 11.5. The molecule has 2 heterocycles. The first-order chi connectivity index (χ1) is 10.2. The Labute approximate surface area is 125 Å². The quantitative estimate of drug-likeness (QED) is 0.536. The van der Waals surface area contributed by atoms with E-state index in [0.717, 1.165) is 6.26 Å². The lowest BCUT2D eigenvalue weighted by molar-refractivity contribution is -0.133. The number of imide groups is 1. The summed E-state index contributed by atoms with van der Waals surface area (Å²) in [5.41, 5.74) is -0.0572. The third-order valence-corrected chi connectivity index (χ3v) is 3.34. The van der Waals surface area contributed by atoms with Gasteiger partial charge in [0.2, 0.25) is 11.8 Å². The molecule has 0 aliphatic carbocycles. The van der Waals surface area contributed by atoms with Crippen LogP contribution in [0.1, 0.15) is 18.5 Å². The maximum absolute atomic E-state index is 13.6. The number of anilines is 1. The van der Waals surface area contributed by atoms with Crippen molar-refractivity contribution in [2.24, 2.45) is 0 Å². The first-order valence-electron chi connectivity index (χ1n) is 6.21. The molecule has 120 valence electrons. The molecule has 11 heteroatoms. The number of amides is 2. The largest absolute Gasteiger partial charge is 0.370 e. The number of hydrogen-bond acceptors (Lipinski definition) is 8. The fourth-order valence-electron chi connectivity index (χ4n) is 1.78. The van der Waals surface area contributed by atoms with Crippen molar-refractivity contribution in [2.45, 2.75) is 25.5 Å². The number of carbonyl (C=O) groups excluding carboxylic acids is 2. The lowest BCUT2D eigenvalue weighted by atomic mass is 10.1. The third kappa shape index (κ3) is 4.43. The van der Waals surface area contributed by atoms with E-state index >= 15 is 0 Å². The Morgan fingerprint density at radius 1 is 1.45 bits per heavy atom. The van der Waals surface area contributed by atoms with E-state index in [1.54, 1.807) is 0 Å². The molecular weight excluding hydrogens is 319 g/mol. The molecule has 1 saturated heterocycles. The number of nitrogens with zero attached hydrogens (tertiary/aromatic N) is 2. The van der Waals surface area contributed by atoms with Crippen molar-refractivity contribution in [3.05, 3.63) is 17.7 Å². The zero-order valence-corrected chi connectivity index (χ0v) is 12.3. The van der Waals surface area contributed by atoms with Crippen LogP contribution in [0.3, 0.4) is 0 Å². The van der Waals surface area contributed by atoms with E-state index < -0.39 is 40.5 Å². The highest BCUT2D eigenvalue weighted by Crippen LogP contribution is 2.17. The molecular formula is C11H13FN4O5S. The van der Waals surface area contributed by atoms with Crippen molar-refractivity contribution in [1.82, 2.24) is 15.5 Å². The Morgan fingerprint density at radius 3 is 2.82 bits per heavy atom. The van der Waals surface area contributed by atoms with Gasteiger partial charge in [-0.2, -0.15) is 12.8 Å². The van der Waals surface area contributed by atoms with Crippen LogP contribution in [-0.2, 0) is 30.5 Å². The second-order valence-electron chi connectivity index (χ2n) is 4.65. The second kappa shape index (κ2) is 6.32. The van der Waals surface area contributed by atoms with Gasteiger partial charge in [-0.15, -0.1) is 10.2 Å².